The van der Waals surface area contributed by atoms with Crippen LogP contribution in [0.15, 0.2) is 176 Å². The van der Waals surface area contributed by atoms with Crippen molar-refractivity contribution in [2.24, 2.45) is 0 Å². The number of morpholine rings is 4. The van der Waals surface area contributed by atoms with Gasteiger partial charge in [-0.15, -0.1) is 0 Å². The molecule has 0 bridgehead atoms. The van der Waals surface area contributed by atoms with Crippen molar-refractivity contribution >= 4 is 197 Å². The van der Waals surface area contributed by atoms with Gasteiger partial charge in [-0.05, 0) is 127 Å². The lowest BCUT2D eigenvalue weighted by Gasteiger charge is -2.32. The zero-order chi connectivity index (χ0) is 101. The van der Waals surface area contributed by atoms with Crippen molar-refractivity contribution < 1.29 is 62.1 Å². The van der Waals surface area contributed by atoms with Gasteiger partial charge in [0.15, 0.2) is 78.7 Å². The average Bonchev–Trinajstić information content (AvgIpc) is 1.60. The third-order valence-electron chi connectivity index (χ3n) is 29.3. The molecule has 1 atom stereocenters. The Bertz CT molecular complexity index is 8800. The Kier molecular flexibility index (Phi) is 26.2. The van der Waals surface area contributed by atoms with Gasteiger partial charge in [0.2, 0.25) is 22.9 Å². The highest BCUT2D eigenvalue weighted by Gasteiger charge is 2.35. The summed E-state index contributed by atoms with van der Waals surface area (Å²) >= 11 is 0. The van der Waals surface area contributed by atoms with E-state index in [1.807, 2.05) is 104 Å². The van der Waals surface area contributed by atoms with Crippen LogP contribution < -0.4 is 19.6 Å². The first kappa shape index (κ1) is 96.0. The summed E-state index contributed by atoms with van der Waals surface area (Å²) in [6.07, 6.45) is 14.9. The number of H-pyrrole nitrogens is 4. The Morgan fingerprint density at radius 1 is 0.376 bits per heavy atom. The van der Waals surface area contributed by atoms with Gasteiger partial charge in [-0.3, -0.25) is 32.8 Å². The van der Waals surface area contributed by atoms with E-state index in [-0.39, 0.29) is 23.4 Å². The first-order chi connectivity index (χ1) is 72.8. The topological polar surface area (TPSA) is 442 Å². The normalized spacial score (nSPS) is 18.5. The number of sulfone groups is 1. The van der Waals surface area contributed by atoms with E-state index in [2.05, 4.69) is 129 Å². The van der Waals surface area contributed by atoms with E-state index in [4.69, 9.17) is 81.3 Å². The lowest BCUT2D eigenvalue weighted by Crippen LogP contribution is -2.41. The highest BCUT2D eigenvalue weighted by Crippen LogP contribution is 2.45. The number of anilines is 4. The van der Waals surface area contributed by atoms with Crippen LogP contribution in [-0.2, 0) is 79.7 Å². The molecule has 8 aliphatic heterocycles. The molecule has 8 aliphatic rings. The van der Waals surface area contributed by atoms with E-state index < -0.39 is 41.2 Å². The third kappa shape index (κ3) is 19.4. The van der Waals surface area contributed by atoms with Gasteiger partial charge in [0.25, 0.3) is 0 Å². The molecule has 16 aromatic heterocycles. The van der Waals surface area contributed by atoms with Gasteiger partial charge in [0.1, 0.15) is 27.9 Å². The molecule has 38 nitrogen and oxygen atoms in total. The number of aromatic amines is 4. The van der Waals surface area contributed by atoms with Crippen molar-refractivity contribution in [2.75, 3.05) is 223 Å². The van der Waals surface area contributed by atoms with Crippen molar-refractivity contribution in [2.45, 2.75) is 39.5 Å². The van der Waals surface area contributed by atoms with E-state index >= 15 is 4.39 Å². The first-order valence-electron chi connectivity index (χ1n) is 50.5. The molecule has 0 spiro atoms. The molecule has 8 saturated heterocycles. The fourth-order valence-electron chi connectivity index (χ4n) is 21.2. The molecule has 20 aromatic rings. The molecule has 0 amide bonds. The number of aromatic nitrogens is 16. The minimum atomic E-state index is -2.95. The zero-order valence-electron chi connectivity index (χ0n) is 82.1. The number of hydrogen-bond acceptors (Lipinski definition) is 34. The van der Waals surface area contributed by atoms with Crippen molar-refractivity contribution in [3.63, 3.8) is 0 Å². The summed E-state index contributed by atoms with van der Waals surface area (Å²) in [5, 5.41) is 7.28. The standard InChI is InChI=1S/C27H28N6O4S.C27H28N6O3S.C26H25FN6O3S.C26H27N7O3S/c1-17(32-9-13-38(34,35)14-10-32)18-15-21-23-24(37-27(21)29-16-18)26(33-7-11-36-12-8-33)31-25(30-23)20-3-2-4-22-19(20)5-6-28-22;1-17-12-20(19-2-3-28-22(19)13-17)25-30-23-21-14-18(16-32-6-10-37(34)11-7-32)15-29-27(21)36-24(23)26(31-25)33-4-8-35-9-5-33;27-19-1-2-20-17(3-4-28-20)21(19)24-30-22-18-13-16(15-32-7-11-37(34)12-8-32)14-29-26(18)36-23(22)25(31-24)33-5-9-35-10-6-33;27-37(34)12-8-32(9-13-37)16-17-14-20-22-23(36-26(20)29-15-17)25(33-6-10-35-11-7-33)31-24(30-22)19-2-1-3-21-18(19)4-5-28-21/h2-6,15-17,28H,7-14H2,1H3;2-3,12-15,28H,4-11,16H2,1H3;1-4,13-14,28H,5-12,15H2;1-5,14-15,27-28H,6-13,16H2/t17-;;;/m1.../s1. The predicted molar refractivity (Wildman–Crippen MR) is 575 cm³/mol. The third-order valence-corrected chi connectivity index (χ3v) is 35.2. The Hall–Kier alpha value is -13.8. The van der Waals surface area contributed by atoms with Gasteiger partial charge in [-0.1, -0.05) is 24.3 Å². The SMILES string of the molecule is C[C@H](c1cnc2oc3c(N4CCOCC4)nc(-c4cccc5[nH]ccc45)nc3c2c1)N1CCS(=O)(=O)CC1.Cc1cc(-c2nc(N3CCOCC3)c3oc4ncc(CN5CCS(=O)CC5)cc4c3n2)c2cc[nH]c2c1.N=S1(=O)CCN(Cc2cnc3oc4c(N5CCOCC5)nc(-c5cccc6[nH]ccc56)nc4c3c2)CC1.O=S1CCN(Cc2cnc3oc4c(N5CCOCC5)nc(-c5c(F)ccc6[nH]ccc56)nc4c3c2)CC1. The molecule has 0 saturated carbocycles. The molecule has 5 N–H and O–H groups in total. The number of pyridine rings is 4. The maximum absolute atomic E-state index is 15.3. The molecular formula is C106H108FN25O13S4. The second kappa shape index (κ2) is 40.6. The van der Waals surface area contributed by atoms with Crippen LogP contribution in [-0.4, -0.2) is 324 Å². The maximum Gasteiger partial charge on any atom is 0.229 e. The van der Waals surface area contributed by atoms with Crippen molar-refractivity contribution in [1.29, 1.82) is 4.78 Å². The number of hydrogen-bond donors (Lipinski definition) is 5. The molecule has 0 aliphatic carbocycles. The van der Waals surface area contributed by atoms with E-state index in [9.17, 15) is 21.0 Å². The fourth-order valence-corrected chi connectivity index (χ4v) is 26.0. The highest BCUT2D eigenvalue weighted by molar-refractivity contribution is 7.92. The van der Waals surface area contributed by atoms with Gasteiger partial charge >= 0.3 is 0 Å². The number of furan rings is 4. The second-order valence-corrected chi connectivity index (χ2v) is 47.1. The van der Waals surface area contributed by atoms with Crippen LogP contribution in [0.5, 0.6) is 0 Å². The number of nitrogens with zero attached hydrogens (tertiary/aromatic N) is 20. The lowest BCUT2D eigenvalue weighted by molar-refractivity contribution is 0.122. The van der Waals surface area contributed by atoms with E-state index in [1.54, 1.807) is 12.3 Å². The molecule has 4 aromatic carbocycles. The van der Waals surface area contributed by atoms with Crippen LogP contribution in [0, 0.1) is 17.5 Å². The molecule has 766 valence electrons. The second-order valence-electron chi connectivity index (χ2n) is 38.9. The molecule has 43 heteroatoms. The lowest BCUT2D eigenvalue weighted by atomic mass is 10.1. The van der Waals surface area contributed by atoms with E-state index in [0.717, 1.165) is 214 Å². The number of fused-ring (bicyclic) bond motifs is 16. The van der Waals surface area contributed by atoms with Gasteiger partial charge in [0.05, 0.1) is 91.5 Å². The van der Waals surface area contributed by atoms with E-state index in [0.29, 0.717) is 227 Å². The molecular weight excluding hydrogens is 1980 g/mol. The van der Waals surface area contributed by atoms with Crippen molar-refractivity contribution in [1.82, 2.24) is 99.3 Å². The van der Waals surface area contributed by atoms with Crippen LogP contribution in [0.4, 0.5) is 27.7 Å². The van der Waals surface area contributed by atoms with Crippen molar-refractivity contribution in [3.05, 3.63) is 192 Å². The van der Waals surface area contributed by atoms with E-state index in [1.165, 1.54) is 6.07 Å². The smallest absolute Gasteiger partial charge is 0.229 e. The fraction of sp³-hybridized carbons (Fsp3) is 0.358. The number of rotatable bonds is 16. The average molecular weight is 2090 g/mol. The Morgan fingerprint density at radius 3 is 1.15 bits per heavy atom. The Morgan fingerprint density at radius 2 is 0.732 bits per heavy atom. The zero-order valence-corrected chi connectivity index (χ0v) is 85.4. The maximum atomic E-state index is 15.3. The molecule has 0 radical (unpaired) electrons. The minimum absolute atomic E-state index is 0.0148. The minimum Gasteiger partial charge on any atom is -0.432 e. The molecule has 0 unspecified atom stereocenters. The summed E-state index contributed by atoms with van der Waals surface area (Å²) in [5.74, 6) is 8.85. The van der Waals surface area contributed by atoms with Gasteiger partial charge in [0, 0.05) is 306 Å². The van der Waals surface area contributed by atoms with Crippen LogP contribution in [0.25, 0.3) is 178 Å². The number of aryl methyl sites for hydroxylation is 1. The number of benzene rings is 4. The number of halogens is 1. The summed E-state index contributed by atoms with van der Waals surface area (Å²) in [7, 11) is -6.79. The predicted octanol–water partition coefficient (Wildman–Crippen LogP) is 14.3. The molecule has 8 fully saturated rings. The number of nitrogens with one attached hydrogen (secondary N) is 5. The first-order valence-corrected chi connectivity index (χ1v) is 57.2. The summed E-state index contributed by atoms with van der Waals surface area (Å²) < 4.78 is 130. The summed E-state index contributed by atoms with van der Waals surface area (Å²) in [6, 6.07) is 36.0. The van der Waals surface area contributed by atoms with Crippen LogP contribution in [0.2, 0.25) is 0 Å². The highest BCUT2D eigenvalue weighted by atomic mass is 32.2. The molecule has 24 heterocycles. The van der Waals surface area contributed by atoms with Crippen LogP contribution >= 0.6 is 0 Å². The largest absolute Gasteiger partial charge is 0.432 e. The summed E-state index contributed by atoms with van der Waals surface area (Å²) in [5.41, 5.74) is 19.9. The summed E-state index contributed by atoms with van der Waals surface area (Å²) in [4.78, 5) is 89.3. The van der Waals surface area contributed by atoms with Gasteiger partial charge in [-0.25, -0.2) is 76.8 Å². The van der Waals surface area contributed by atoms with Crippen LogP contribution in [0.1, 0.15) is 40.8 Å². The van der Waals surface area contributed by atoms with Crippen LogP contribution in [0.3, 0.4) is 0 Å². The Balaban J connectivity index is 0.000000103. The quantitative estimate of drug-likeness (QED) is 0.0600. The van der Waals surface area contributed by atoms with Gasteiger partial charge in [-0.2, -0.15) is 0 Å². The summed E-state index contributed by atoms with van der Waals surface area (Å²) in [6.45, 7) is 22.6. The molecule has 149 heavy (non-hydrogen) atoms. The number of ether oxygens (including phenoxy) is 4. The monoisotopic (exact) mass is 2090 g/mol. The van der Waals surface area contributed by atoms with Crippen molar-refractivity contribution in [3.8, 4) is 45.6 Å². The Labute approximate surface area is 858 Å². The van der Waals surface area contributed by atoms with Gasteiger partial charge < -0.3 is 76.2 Å². The molecule has 28 rings (SSSR count).